The van der Waals surface area contributed by atoms with Crippen LogP contribution in [0.2, 0.25) is 0 Å². The van der Waals surface area contributed by atoms with Gasteiger partial charge in [-0.2, -0.15) is 5.43 Å². The van der Waals surface area contributed by atoms with Gasteiger partial charge in [0.2, 0.25) is 0 Å². The molecule has 1 heterocycles. The third-order valence-corrected chi connectivity index (χ3v) is 2.93. The maximum Gasteiger partial charge on any atom is 0.317 e. The Balaban J connectivity index is 1.92. The Hall–Kier alpha value is -3.02. The smallest absolute Gasteiger partial charge is 0.266 e. The first-order chi connectivity index (χ1) is 10.2. The van der Waals surface area contributed by atoms with Crippen LogP contribution in [0.4, 0.5) is 0 Å². The highest BCUT2D eigenvalue weighted by atomic mass is 16.2. The lowest BCUT2D eigenvalue weighted by Crippen LogP contribution is -2.36. The van der Waals surface area contributed by atoms with Crippen LogP contribution in [0.25, 0.3) is 11.4 Å². The molecule has 6 nitrogen and oxygen atoms in total. The van der Waals surface area contributed by atoms with Gasteiger partial charge < -0.3 is 0 Å². The number of hydrogen-bond acceptors (Lipinski definition) is 3. The third kappa shape index (κ3) is 2.79. The second-order valence-electron chi connectivity index (χ2n) is 4.49. The summed E-state index contributed by atoms with van der Waals surface area (Å²) in [4.78, 5) is 15.0. The van der Waals surface area contributed by atoms with Crippen molar-refractivity contribution < 1.29 is 9.59 Å². The fourth-order valence-electron chi connectivity index (χ4n) is 1.96. The summed E-state index contributed by atoms with van der Waals surface area (Å²) >= 11 is 0. The van der Waals surface area contributed by atoms with Crippen molar-refractivity contribution in [3.05, 3.63) is 66.2 Å². The normalized spacial score (nSPS) is 10.3. The Kier molecular flexibility index (Phi) is 3.42. The summed E-state index contributed by atoms with van der Waals surface area (Å²) in [5.41, 5.74) is 4.17. The van der Waals surface area contributed by atoms with E-state index in [4.69, 9.17) is 0 Å². The Bertz CT molecular complexity index is 752. The van der Waals surface area contributed by atoms with Crippen LogP contribution >= 0.6 is 0 Å². The van der Waals surface area contributed by atoms with Crippen LogP contribution in [0.5, 0.6) is 0 Å². The van der Waals surface area contributed by atoms with Gasteiger partial charge in [-0.1, -0.05) is 36.4 Å². The summed E-state index contributed by atoms with van der Waals surface area (Å²) in [5, 5.41) is 8.42. The molecular formula is C15H14N5O+. The molecule has 3 rings (SSSR count). The lowest BCUT2D eigenvalue weighted by atomic mass is 10.2. The summed E-state index contributed by atoms with van der Waals surface area (Å²) in [5.74, 6) is 0.334. The molecule has 0 bridgehead atoms. The topological polar surface area (TPSA) is 63.7 Å². The summed E-state index contributed by atoms with van der Waals surface area (Å²) in [7, 11) is 1.71. The van der Waals surface area contributed by atoms with E-state index in [1.165, 1.54) is 9.59 Å². The van der Waals surface area contributed by atoms with Crippen LogP contribution in [0.1, 0.15) is 10.4 Å². The standard InChI is InChI=1S/C15H13N5O/c1-19-16-14(12-8-4-2-5-9-12)20(18-19)17-15(21)13-10-6-3-7-11-13/h2-11H,1H3/p+1. The minimum absolute atomic E-state index is 0.238. The molecule has 0 atom stereocenters. The molecule has 0 fully saturated rings. The maximum absolute atomic E-state index is 12.2. The summed E-state index contributed by atoms with van der Waals surface area (Å²) < 4.78 is 0. The van der Waals surface area contributed by atoms with Crippen molar-refractivity contribution in [1.29, 1.82) is 0 Å². The molecule has 0 aliphatic rings. The largest absolute Gasteiger partial charge is 0.317 e. The number of hydrogen-bond donors (Lipinski definition) is 1. The summed E-state index contributed by atoms with van der Waals surface area (Å²) in [6, 6.07) is 18.5. The van der Waals surface area contributed by atoms with Gasteiger partial charge in [-0.15, -0.1) is 0 Å². The SMILES string of the molecule is C[n+]1nc(-c2ccccc2)n(NC(=O)c2ccccc2)n1. The first-order valence-corrected chi connectivity index (χ1v) is 6.49. The van der Waals surface area contributed by atoms with Gasteiger partial charge in [0, 0.05) is 15.9 Å². The van der Waals surface area contributed by atoms with E-state index in [2.05, 4.69) is 15.7 Å². The molecule has 0 aliphatic heterocycles. The molecule has 3 aromatic rings. The molecule has 2 aromatic carbocycles. The van der Waals surface area contributed by atoms with Gasteiger partial charge in [0.1, 0.15) is 12.3 Å². The van der Waals surface area contributed by atoms with Crippen LogP contribution < -0.4 is 10.2 Å². The van der Waals surface area contributed by atoms with Crippen molar-refractivity contribution in [2.24, 2.45) is 7.05 Å². The monoisotopic (exact) mass is 280 g/mol. The van der Waals surface area contributed by atoms with Gasteiger partial charge in [-0.25, -0.2) is 0 Å². The van der Waals surface area contributed by atoms with Crippen LogP contribution in [-0.2, 0) is 7.05 Å². The molecule has 0 saturated carbocycles. The molecule has 0 saturated heterocycles. The van der Waals surface area contributed by atoms with E-state index in [0.717, 1.165) is 5.56 Å². The predicted octanol–water partition coefficient (Wildman–Crippen LogP) is 1.15. The summed E-state index contributed by atoms with van der Waals surface area (Å²) in [6.07, 6.45) is 0. The minimum Gasteiger partial charge on any atom is -0.266 e. The number of carbonyl (C=O) groups is 1. The van der Waals surface area contributed by atoms with Crippen molar-refractivity contribution in [3.63, 3.8) is 0 Å². The fraction of sp³-hybridized carbons (Fsp3) is 0.0667. The quantitative estimate of drug-likeness (QED) is 0.732. The lowest BCUT2D eigenvalue weighted by molar-refractivity contribution is -0.784. The van der Waals surface area contributed by atoms with Crippen LogP contribution in [0.3, 0.4) is 0 Å². The molecule has 0 unspecified atom stereocenters. The highest BCUT2D eigenvalue weighted by Crippen LogP contribution is 2.13. The Morgan fingerprint density at radius 3 is 2.33 bits per heavy atom. The van der Waals surface area contributed by atoms with Gasteiger partial charge in [-0.05, 0) is 34.2 Å². The zero-order valence-electron chi connectivity index (χ0n) is 11.5. The molecule has 0 radical (unpaired) electrons. The number of benzene rings is 2. The number of aryl methyl sites for hydroxylation is 1. The number of tetrazole rings is 1. The van der Waals surface area contributed by atoms with E-state index in [9.17, 15) is 4.79 Å². The highest BCUT2D eigenvalue weighted by molar-refractivity contribution is 6.00. The van der Waals surface area contributed by atoms with E-state index in [1.807, 2.05) is 48.5 Å². The van der Waals surface area contributed by atoms with E-state index in [-0.39, 0.29) is 5.91 Å². The van der Waals surface area contributed by atoms with E-state index < -0.39 is 0 Å². The van der Waals surface area contributed by atoms with Gasteiger partial charge >= 0.3 is 5.82 Å². The molecule has 104 valence electrons. The fourth-order valence-corrected chi connectivity index (χ4v) is 1.96. The molecule has 1 N–H and O–H groups in total. The minimum atomic E-state index is -0.238. The number of rotatable bonds is 3. The van der Waals surface area contributed by atoms with Gasteiger partial charge in [0.05, 0.1) is 0 Å². The zero-order chi connectivity index (χ0) is 14.7. The number of amides is 1. The second kappa shape index (κ2) is 5.54. The van der Waals surface area contributed by atoms with E-state index in [0.29, 0.717) is 11.4 Å². The van der Waals surface area contributed by atoms with Crippen LogP contribution in [0.15, 0.2) is 60.7 Å². The summed E-state index contributed by atoms with van der Waals surface area (Å²) in [6.45, 7) is 0. The first-order valence-electron chi connectivity index (χ1n) is 6.49. The lowest BCUT2D eigenvalue weighted by Gasteiger charge is -2.00. The number of carbonyl (C=O) groups excluding carboxylic acids is 1. The van der Waals surface area contributed by atoms with Crippen molar-refractivity contribution in [2.75, 3.05) is 5.43 Å². The van der Waals surface area contributed by atoms with Crippen molar-refractivity contribution >= 4 is 5.91 Å². The third-order valence-electron chi connectivity index (χ3n) is 2.93. The van der Waals surface area contributed by atoms with Crippen molar-refractivity contribution in [3.8, 4) is 11.4 Å². The Labute approximate surface area is 121 Å². The van der Waals surface area contributed by atoms with Gasteiger partial charge in [0.15, 0.2) is 0 Å². The van der Waals surface area contributed by atoms with Gasteiger partial charge in [-0.3, -0.25) is 4.79 Å². The molecule has 0 aliphatic carbocycles. The maximum atomic E-state index is 12.2. The molecule has 6 heteroatoms. The van der Waals surface area contributed by atoms with E-state index in [1.54, 1.807) is 19.2 Å². The molecule has 1 aromatic heterocycles. The first kappa shape index (κ1) is 13.0. The second-order valence-corrected chi connectivity index (χ2v) is 4.49. The highest BCUT2D eigenvalue weighted by Gasteiger charge is 2.20. The predicted molar refractivity (Wildman–Crippen MR) is 76.8 cm³/mol. The molecular weight excluding hydrogens is 266 g/mol. The number of aromatic nitrogens is 4. The van der Waals surface area contributed by atoms with Crippen molar-refractivity contribution in [2.45, 2.75) is 0 Å². The van der Waals surface area contributed by atoms with Crippen LogP contribution in [-0.4, -0.2) is 21.0 Å². The Morgan fingerprint density at radius 1 is 1.05 bits per heavy atom. The van der Waals surface area contributed by atoms with Crippen molar-refractivity contribution in [1.82, 2.24) is 15.1 Å². The molecule has 1 amide bonds. The zero-order valence-corrected chi connectivity index (χ0v) is 11.5. The molecule has 21 heavy (non-hydrogen) atoms. The average molecular weight is 280 g/mol. The van der Waals surface area contributed by atoms with Crippen LogP contribution in [0, 0.1) is 0 Å². The average Bonchev–Trinajstić information content (AvgIpc) is 2.89. The Morgan fingerprint density at radius 2 is 1.67 bits per heavy atom. The molecule has 0 spiro atoms. The number of nitrogens with zero attached hydrogens (tertiary/aromatic N) is 4. The van der Waals surface area contributed by atoms with Gasteiger partial charge in [0.25, 0.3) is 5.91 Å². The van der Waals surface area contributed by atoms with E-state index >= 15 is 0 Å². The number of nitrogens with one attached hydrogen (secondary N) is 1.